The van der Waals surface area contributed by atoms with Crippen LogP contribution in [0.25, 0.3) is 0 Å². The molecule has 1 aliphatic heterocycles. The van der Waals surface area contributed by atoms with E-state index in [4.69, 9.17) is 23.2 Å². The van der Waals surface area contributed by atoms with Gasteiger partial charge in [0.1, 0.15) is 0 Å². The summed E-state index contributed by atoms with van der Waals surface area (Å²) >= 11 is 12.0. The molecule has 6 nitrogen and oxygen atoms in total. The molecule has 3 atom stereocenters. The highest BCUT2D eigenvalue weighted by Crippen LogP contribution is 2.25. The average Bonchev–Trinajstić information content (AvgIpc) is 2.70. The van der Waals surface area contributed by atoms with Crippen LogP contribution >= 0.6 is 23.2 Å². The zero-order valence-corrected chi connectivity index (χ0v) is 18.1. The highest BCUT2D eigenvalue weighted by Gasteiger charge is 2.33. The molecule has 158 valence electrons. The Bertz CT molecular complexity index is 786. The topological polar surface area (TPSA) is 78.5 Å². The monoisotopic (exact) mass is 439 g/mol. The molecule has 1 aromatic carbocycles. The Balaban J connectivity index is 1.62. The van der Waals surface area contributed by atoms with Crippen LogP contribution in [-0.2, 0) is 9.59 Å². The summed E-state index contributed by atoms with van der Waals surface area (Å²) in [7, 11) is 0. The van der Waals surface area contributed by atoms with Crippen LogP contribution < -0.4 is 10.6 Å². The summed E-state index contributed by atoms with van der Waals surface area (Å²) in [5.41, 5.74) is 0.471. The van der Waals surface area contributed by atoms with Crippen molar-refractivity contribution in [2.75, 3.05) is 13.1 Å². The molecular weight excluding hydrogens is 413 g/mol. The van der Waals surface area contributed by atoms with Crippen LogP contribution in [0.1, 0.15) is 55.8 Å². The number of amides is 3. The maximum absolute atomic E-state index is 12.9. The SMILES string of the molecule is CC(=O)N[C@@H]1CCCCC1NC(=O)C1CCCN(C(=O)c2ccc(Cl)c(Cl)c2)C1. The van der Waals surface area contributed by atoms with Crippen LogP contribution in [-0.4, -0.2) is 47.8 Å². The molecule has 1 aliphatic carbocycles. The Labute approximate surface area is 181 Å². The molecule has 0 radical (unpaired) electrons. The lowest BCUT2D eigenvalue weighted by molar-refractivity contribution is -0.128. The maximum atomic E-state index is 12.9. The number of piperidine rings is 1. The standard InChI is InChI=1S/C21H27Cl2N3O3/c1-13(27)24-18-6-2-3-7-19(18)25-20(28)15-5-4-10-26(12-15)21(29)14-8-9-16(22)17(23)11-14/h8-9,11,15,18-19H,2-7,10,12H2,1H3,(H,24,27)(H,25,28)/t15?,18-,19?/m1/s1. The van der Waals surface area contributed by atoms with Gasteiger partial charge in [0.15, 0.2) is 0 Å². The Morgan fingerprint density at radius 1 is 0.966 bits per heavy atom. The Morgan fingerprint density at radius 2 is 1.66 bits per heavy atom. The van der Waals surface area contributed by atoms with Gasteiger partial charge >= 0.3 is 0 Å². The Hall–Kier alpha value is -1.79. The van der Waals surface area contributed by atoms with Crippen molar-refractivity contribution in [3.63, 3.8) is 0 Å². The molecule has 1 saturated heterocycles. The van der Waals surface area contributed by atoms with Gasteiger partial charge in [0.2, 0.25) is 11.8 Å². The van der Waals surface area contributed by atoms with E-state index in [2.05, 4.69) is 10.6 Å². The van der Waals surface area contributed by atoms with Crippen molar-refractivity contribution in [1.82, 2.24) is 15.5 Å². The Kier molecular flexibility index (Phi) is 7.41. The molecule has 2 unspecified atom stereocenters. The lowest BCUT2D eigenvalue weighted by Gasteiger charge is -2.36. The first-order valence-electron chi connectivity index (χ1n) is 10.2. The van der Waals surface area contributed by atoms with E-state index < -0.39 is 0 Å². The van der Waals surface area contributed by atoms with Gasteiger partial charge in [0.05, 0.1) is 16.0 Å². The minimum absolute atomic E-state index is 0.0252. The van der Waals surface area contributed by atoms with Crippen molar-refractivity contribution in [1.29, 1.82) is 0 Å². The lowest BCUT2D eigenvalue weighted by Crippen LogP contribution is -2.55. The fourth-order valence-corrected chi connectivity index (χ4v) is 4.52. The van der Waals surface area contributed by atoms with Gasteiger partial charge in [0, 0.05) is 37.7 Å². The predicted octanol–water partition coefficient (Wildman–Crippen LogP) is 3.41. The number of nitrogens with one attached hydrogen (secondary N) is 2. The van der Waals surface area contributed by atoms with Gasteiger partial charge in [0.25, 0.3) is 5.91 Å². The third kappa shape index (κ3) is 5.64. The fourth-order valence-electron chi connectivity index (χ4n) is 4.23. The van der Waals surface area contributed by atoms with E-state index in [1.165, 1.54) is 6.92 Å². The molecule has 3 amide bonds. The zero-order chi connectivity index (χ0) is 21.0. The summed E-state index contributed by atoms with van der Waals surface area (Å²) in [4.78, 5) is 38.9. The third-order valence-corrected chi connectivity index (χ3v) is 6.47. The third-order valence-electron chi connectivity index (χ3n) is 5.73. The first-order chi connectivity index (χ1) is 13.8. The van der Waals surface area contributed by atoms with Gasteiger partial charge in [-0.2, -0.15) is 0 Å². The summed E-state index contributed by atoms with van der Waals surface area (Å²) in [6.07, 6.45) is 5.33. The zero-order valence-electron chi connectivity index (χ0n) is 16.5. The molecule has 2 N–H and O–H groups in total. The van der Waals surface area contributed by atoms with Gasteiger partial charge in [-0.1, -0.05) is 36.0 Å². The molecule has 3 rings (SSSR count). The van der Waals surface area contributed by atoms with E-state index >= 15 is 0 Å². The molecule has 2 fully saturated rings. The number of hydrogen-bond acceptors (Lipinski definition) is 3. The van der Waals surface area contributed by atoms with Crippen molar-refractivity contribution < 1.29 is 14.4 Å². The van der Waals surface area contributed by atoms with E-state index in [0.29, 0.717) is 28.7 Å². The number of rotatable bonds is 4. The molecule has 2 aliphatic rings. The number of halogens is 2. The number of carbonyl (C=O) groups is 3. The highest BCUT2D eigenvalue weighted by molar-refractivity contribution is 6.42. The van der Waals surface area contributed by atoms with E-state index in [-0.39, 0.29) is 35.7 Å². The largest absolute Gasteiger partial charge is 0.352 e. The molecule has 0 spiro atoms. The summed E-state index contributed by atoms with van der Waals surface area (Å²) in [5, 5.41) is 6.83. The minimum atomic E-state index is -0.254. The number of likely N-dealkylation sites (tertiary alicyclic amines) is 1. The molecular formula is C21H27Cl2N3O3. The number of hydrogen-bond donors (Lipinski definition) is 2. The molecule has 29 heavy (non-hydrogen) atoms. The van der Waals surface area contributed by atoms with Crippen LogP contribution in [0.4, 0.5) is 0 Å². The second-order valence-electron chi connectivity index (χ2n) is 7.93. The van der Waals surface area contributed by atoms with Crippen molar-refractivity contribution >= 4 is 40.9 Å². The van der Waals surface area contributed by atoms with Gasteiger partial charge in [-0.3, -0.25) is 14.4 Å². The quantitative estimate of drug-likeness (QED) is 0.754. The van der Waals surface area contributed by atoms with E-state index in [1.807, 2.05) is 0 Å². The normalized spacial score (nSPS) is 24.7. The summed E-state index contributed by atoms with van der Waals surface area (Å²) in [6.45, 7) is 2.49. The van der Waals surface area contributed by atoms with Crippen LogP contribution in [0.5, 0.6) is 0 Å². The second kappa shape index (κ2) is 9.81. The van der Waals surface area contributed by atoms with Crippen molar-refractivity contribution in [2.24, 2.45) is 5.92 Å². The molecule has 8 heteroatoms. The first kappa shape index (κ1) is 21.9. The average molecular weight is 440 g/mol. The van der Waals surface area contributed by atoms with Crippen molar-refractivity contribution in [2.45, 2.75) is 57.5 Å². The van der Waals surface area contributed by atoms with Gasteiger partial charge in [-0.15, -0.1) is 0 Å². The fraction of sp³-hybridized carbons (Fsp3) is 0.571. The summed E-state index contributed by atoms with van der Waals surface area (Å²) in [5.74, 6) is -0.517. The number of benzene rings is 1. The van der Waals surface area contributed by atoms with Crippen molar-refractivity contribution in [3.8, 4) is 0 Å². The highest BCUT2D eigenvalue weighted by atomic mass is 35.5. The molecule has 0 aromatic heterocycles. The maximum Gasteiger partial charge on any atom is 0.253 e. The van der Waals surface area contributed by atoms with E-state index in [0.717, 1.165) is 38.5 Å². The Morgan fingerprint density at radius 3 is 2.31 bits per heavy atom. The number of carbonyl (C=O) groups excluding carboxylic acids is 3. The molecule has 1 saturated carbocycles. The smallest absolute Gasteiger partial charge is 0.253 e. The predicted molar refractivity (Wildman–Crippen MR) is 113 cm³/mol. The summed E-state index contributed by atoms with van der Waals surface area (Å²) < 4.78 is 0. The van der Waals surface area contributed by atoms with Crippen LogP contribution in [0.2, 0.25) is 10.0 Å². The van der Waals surface area contributed by atoms with Crippen LogP contribution in [0.3, 0.4) is 0 Å². The van der Waals surface area contributed by atoms with Crippen molar-refractivity contribution in [3.05, 3.63) is 33.8 Å². The molecule has 1 aromatic rings. The first-order valence-corrected chi connectivity index (χ1v) is 10.9. The number of nitrogens with zero attached hydrogens (tertiary/aromatic N) is 1. The minimum Gasteiger partial charge on any atom is -0.352 e. The van der Waals surface area contributed by atoms with E-state index in [1.54, 1.807) is 23.1 Å². The lowest BCUT2D eigenvalue weighted by atomic mass is 9.89. The molecule has 0 bridgehead atoms. The second-order valence-corrected chi connectivity index (χ2v) is 8.74. The van der Waals surface area contributed by atoms with Gasteiger partial charge < -0.3 is 15.5 Å². The summed E-state index contributed by atoms with van der Waals surface area (Å²) in [6, 6.07) is 4.75. The van der Waals surface area contributed by atoms with Gasteiger partial charge in [-0.25, -0.2) is 0 Å². The van der Waals surface area contributed by atoms with E-state index in [9.17, 15) is 14.4 Å². The molecule has 1 heterocycles. The van der Waals surface area contributed by atoms with Crippen LogP contribution in [0.15, 0.2) is 18.2 Å². The van der Waals surface area contributed by atoms with Gasteiger partial charge in [-0.05, 0) is 43.9 Å². The van der Waals surface area contributed by atoms with Crippen LogP contribution in [0, 0.1) is 5.92 Å².